The van der Waals surface area contributed by atoms with Gasteiger partial charge in [-0.1, -0.05) is 0 Å². The van der Waals surface area contributed by atoms with Gasteiger partial charge in [0.2, 0.25) is 0 Å². The highest BCUT2D eigenvalue weighted by Gasteiger charge is 2.49. The van der Waals surface area contributed by atoms with Crippen molar-refractivity contribution in [1.82, 2.24) is 24.8 Å². The van der Waals surface area contributed by atoms with Gasteiger partial charge in [0.15, 0.2) is 10.6 Å². The number of fused-ring (bicyclic) bond motifs is 4. The van der Waals surface area contributed by atoms with Gasteiger partial charge >= 0.3 is 12.1 Å². The van der Waals surface area contributed by atoms with Crippen molar-refractivity contribution in [2.45, 2.75) is 82.3 Å². The van der Waals surface area contributed by atoms with Crippen LogP contribution >= 0.6 is 11.3 Å². The fraction of sp³-hybridized carbons (Fsp3) is 0.750. The molecule has 0 radical (unpaired) electrons. The molecule has 6 heterocycles. The van der Waals surface area contributed by atoms with E-state index in [0.717, 1.165) is 48.4 Å². The van der Waals surface area contributed by atoms with Crippen molar-refractivity contribution in [1.29, 1.82) is 0 Å². The second-order valence-corrected chi connectivity index (χ2v) is 12.2. The first-order valence-electron chi connectivity index (χ1n) is 12.6. The Morgan fingerprint density at radius 2 is 2.00 bits per heavy atom. The first kappa shape index (κ1) is 23.1. The predicted molar refractivity (Wildman–Crippen MR) is 131 cm³/mol. The lowest BCUT2D eigenvalue weighted by Crippen LogP contribution is -2.57. The lowest BCUT2D eigenvalue weighted by molar-refractivity contribution is 0.0122. The van der Waals surface area contributed by atoms with Crippen LogP contribution in [0.4, 0.5) is 15.0 Å². The van der Waals surface area contributed by atoms with Crippen LogP contribution in [-0.2, 0) is 4.74 Å². The highest BCUT2D eigenvalue weighted by Crippen LogP contribution is 2.41. The second-order valence-electron chi connectivity index (χ2n) is 11.4. The summed E-state index contributed by atoms with van der Waals surface area (Å²) >= 11 is 1.46. The number of halogens is 1. The largest absolute Gasteiger partial charge is 0.461 e. The zero-order chi connectivity index (χ0) is 24.4. The Kier molecular flexibility index (Phi) is 5.55. The molecule has 2 bridgehead atoms. The van der Waals surface area contributed by atoms with Crippen molar-refractivity contribution in [2.75, 3.05) is 37.7 Å². The number of anilines is 1. The lowest BCUT2D eigenvalue weighted by Gasteiger charge is -2.41. The summed E-state index contributed by atoms with van der Waals surface area (Å²) in [5, 5.41) is 0. The Morgan fingerprint density at radius 1 is 1.23 bits per heavy atom. The monoisotopic (exact) mass is 504 g/mol. The Morgan fingerprint density at radius 3 is 2.74 bits per heavy atom. The van der Waals surface area contributed by atoms with E-state index >= 15 is 0 Å². The number of amides is 1. The molecule has 4 aliphatic rings. The van der Waals surface area contributed by atoms with Gasteiger partial charge in [-0.15, -0.1) is 11.3 Å². The number of aromatic nitrogens is 3. The minimum absolute atomic E-state index is 0.0718. The van der Waals surface area contributed by atoms with Crippen LogP contribution in [0.5, 0.6) is 6.01 Å². The maximum atomic E-state index is 14.2. The third-order valence-corrected chi connectivity index (χ3v) is 8.49. The highest BCUT2D eigenvalue weighted by atomic mass is 32.1. The van der Waals surface area contributed by atoms with Gasteiger partial charge in [-0.2, -0.15) is 9.97 Å². The molecule has 2 unspecified atom stereocenters. The Balaban J connectivity index is 1.22. The molecule has 9 nitrogen and oxygen atoms in total. The molecule has 0 spiro atoms. The molecular weight excluding hydrogens is 471 g/mol. The Labute approximate surface area is 208 Å². The number of ether oxygens (including phenoxy) is 2. The van der Waals surface area contributed by atoms with Crippen molar-refractivity contribution in [2.24, 2.45) is 0 Å². The quantitative estimate of drug-likeness (QED) is 0.624. The molecule has 11 heteroatoms. The molecule has 4 atom stereocenters. The average Bonchev–Trinajstić information content (AvgIpc) is 3.52. The zero-order valence-electron chi connectivity index (χ0n) is 20.6. The predicted octanol–water partition coefficient (Wildman–Crippen LogP) is 3.63. The van der Waals surface area contributed by atoms with E-state index in [1.54, 1.807) is 5.51 Å². The molecule has 190 valence electrons. The standard InChI is InChI=1S/C24H33FN6O3S/c1-23(2,3)34-22(32)31-16-5-6-17(31)12-29(11-16)19-18-20(35-14-26-18)28-21(27-19)33-13-24-7-4-8-30(24)10-15(25)9-24/h14-17H,4-13H2,1-3H3/t15-,16?,17?,24+/m1/s1. The van der Waals surface area contributed by atoms with Gasteiger partial charge in [0.25, 0.3) is 0 Å². The van der Waals surface area contributed by atoms with Crippen molar-refractivity contribution in [3.05, 3.63) is 5.51 Å². The van der Waals surface area contributed by atoms with E-state index < -0.39 is 11.8 Å². The minimum atomic E-state index is -0.795. The SMILES string of the molecule is CC(C)(C)OC(=O)N1C2CCC1CN(c1nc(OC[C@@]34CCCN3C[C@H](F)C4)nc3scnc13)C2. The van der Waals surface area contributed by atoms with Gasteiger partial charge < -0.3 is 14.4 Å². The van der Waals surface area contributed by atoms with E-state index in [4.69, 9.17) is 14.5 Å². The fourth-order valence-corrected chi connectivity index (χ4v) is 6.99. The number of rotatable bonds is 4. The Bertz CT molecular complexity index is 1110. The normalized spacial score (nSPS) is 30.8. The van der Waals surface area contributed by atoms with Crippen LogP contribution in [0.3, 0.4) is 0 Å². The summed E-state index contributed by atoms with van der Waals surface area (Å²) < 4.78 is 26.0. The first-order chi connectivity index (χ1) is 16.7. The molecule has 2 aromatic rings. The van der Waals surface area contributed by atoms with Crippen LogP contribution in [0, 0.1) is 0 Å². The Hall–Kier alpha value is -2.27. The molecule has 6 rings (SSSR count). The molecule has 4 saturated heterocycles. The fourth-order valence-electron chi connectivity index (χ4n) is 6.35. The van der Waals surface area contributed by atoms with Crippen molar-refractivity contribution in [3.63, 3.8) is 0 Å². The lowest BCUT2D eigenvalue weighted by atomic mass is 9.95. The van der Waals surface area contributed by atoms with E-state index in [1.807, 2.05) is 25.7 Å². The van der Waals surface area contributed by atoms with Crippen molar-refractivity contribution < 1.29 is 18.7 Å². The van der Waals surface area contributed by atoms with E-state index in [2.05, 4.69) is 19.8 Å². The molecule has 0 N–H and O–H groups in total. The van der Waals surface area contributed by atoms with E-state index in [-0.39, 0.29) is 23.7 Å². The third kappa shape index (κ3) is 4.20. The molecule has 0 aromatic carbocycles. The van der Waals surface area contributed by atoms with Gasteiger partial charge in [-0.3, -0.25) is 9.80 Å². The topological polar surface area (TPSA) is 83.9 Å². The van der Waals surface area contributed by atoms with Gasteiger partial charge in [0.1, 0.15) is 23.9 Å². The summed E-state index contributed by atoms with van der Waals surface area (Å²) in [7, 11) is 0. The van der Waals surface area contributed by atoms with Gasteiger partial charge in [-0.05, 0) is 53.0 Å². The van der Waals surface area contributed by atoms with Gasteiger partial charge in [0, 0.05) is 26.1 Å². The average molecular weight is 505 g/mol. The molecule has 0 saturated carbocycles. The van der Waals surface area contributed by atoms with Crippen molar-refractivity contribution in [3.8, 4) is 6.01 Å². The van der Waals surface area contributed by atoms with E-state index in [1.165, 1.54) is 11.3 Å². The number of thiazole rings is 1. The molecule has 2 aromatic heterocycles. The van der Waals surface area contributed by atoms with Gasteiger partial charge in [0.05, 0.1) is 23.1 Å². The molecule has 35 heavy (non-hydrogen) atoms. The maximum absolute atomic E-state index is 14.2. The van der Waals surface area contributed by atoms with Crippen LogP contribution in [0.1, 0.15) is 52.9 Å². The number of nitrogens with zero attached hydrogens (tertiary/aromatic N) is 6. The highest BCUT2D eigenvalue weighted by molar-refractivity contribution is 7.16. The van der Waals surface area contributed by atoms with E-state index in [0.29, 0.717) is 38.7 Å². The van der Waals surface area contributed by atoms with Gasteiger partial charge in [-0.25, -0.2) is 14.2 Å². The summed E-state index contributed by atoms with van der Waals surface area (Å²) in [4.78, 5) is 34.0. The van der Waals surface area contributed by atoms with E-state index in [9.17, 15) is 9.18 Å². The number of piperazine rings is 1. The van der Waals surface area contributed by atoms with Crippen LogP contribution in [0.2, 0.25) is 0 Å². The molecular formula is C24H33FN6O3S. The smallest absolute Gasteiger partial charge is 0.410 e. The summed E-state index contributed by atoms with van der Waals surface area (Å²) in [6.45, 7) is 8.84. The summed E-state index contributed by atoms with van der Waals surface area (Å²) in [5.74, 6) is 0.752. The maximum Gasteiger partial charge on any atom is 0.410 e. The van der Waals surface area contributed by atoms with Crippen LogP contribution in [0.15, 0.2) is 5.51 Å². The number of hydrogen-bond donors (Lipinski definition) is 0. The number of carbonyl (C=O) groups excluding carboxylic acids is 1. The molecule has 4 aliphatic heterocycles. The molecule has 4 fully saturated rings. The summed E-state index contributed by atoms with van der Waals surface area (Å²) in [6.07, 6.45) is 3.38. The summed E-state index contributed by atoms with van der Waals surface area (Å²) in [5.41, 5.74) is 1.77. The summed E-state index contributed by atoms with van der Waals surface area (Å²) in [6, 6.07) is 0.465. The number of carbonyl (C=O) groups is 1. The number of alkyl halides is 1. The van der Waals surface area contributed by atoms with Crippen LogP contribution in [-0.4, -0.2) is 93.0 Å². The number of hydrogen-bond acceptors (Lipinski definition) is 9. The minimum Gasteiger partial charge on any atom is -0.461 e. The third-order valence-electron chi connectivity index (χ3n) is 7.78. The molecule has 0 aliphatic carbocycles. The van der Waals surface area contributed by atoms with Crippen LogP contribution < -0.4 is 9.64 Å². The van der Waals surface area contributed by atoms with Crippen LogP contribution in [0.25, 0.3) is 10.3 Å². The first-order valence-corrected chi connectivity index (χ1v) is 13.5. The van der Waals surface area contributed by atoms with Crippen molar-refractivity contribution >= 4 is 33.6 Å². The zero-order valence-corrected chi connectivity index (χ0v) is 21.4. The second kappa shape index (κ2) is 8.40. The molecule has 1 amide bonds.